The van der Waals surface area contributed by atoms with E-state index in [4.69, 9.17) is 9.47 Å². The monoisotopic (exact) mass is 405 g/mol. The summed E-state index contributed by atoms with van der Waals surface area (Å²) < 4.78 is 24.8. The number of allylic oxidation sites excluding steroid dienone is 1. The highest BCUT2D eigenvalue weighted by atomic mass is 19.1. The quantitative estimate of drug-likeness (QED) is 0.420. The maximum Gasteiger partial charge on any atom is 0.165 e. The Hall–Kier alpha value is -3.27. The van der Waals surface area contributed by atoms with Crippen molar-refractivity contribution in [1.82, 2.24) is 0 Å². The van der Waals surface area contributed by atoms with Gasteiger partial charge in [0.05, 0.1) is 7.11 Å². The molecule has 0 saturated carbocycles. The molecular weight excluding hydrogens is 377 g/mol. The van der Waals surface area contributed by atoms with Gasteiger partial charge in [-0.3, -0.25) is 0 Å². The van der Waals surface area contributed by atoms with Crippen LogP contribution in [0.1, 0.15) is 27.8 Å². The molecule has 3 rings (SSSR count). The molecule has 0 fully saturated rings. The van der Waals surface area contributed by atoms with Gasteiger partial charge in [0.1, 0.15) is 12.4 Å². The van der Waals surface area contributed by atoms with Crippen molar-refractivity contribution in [2.75, 3.05) is 12.4 Å². The summed E-state index contributed by atoms with van der Waals surface area (Å²) in [5, 5.41) is 3.47. The molecule has 0 aliphatic rings. The minimum atomic E-state index is -0.260. The van der Waals surface area contributed by atoms with Gasteiger partial charge in [0.25, 0.3) is 0 Å². The standard InChI is InChI=1S/C26H28FNO2/c1-5-6-22-14-21(16-28-24-12-7-18(2)19(3)13-24)15-25(29-4)26(22)30-17-20-8-10-23(27)11-9-20/h5,7-15,28H,1,6,16-17H2,2-4H3. The summed E-state index contributed by atoms with van der Waals surface area (Å²) in [7, 11) is 1.64. The van der Waals surface area contributed by atoms with Crippen molar-refractivity contribution in [3.8, 4) is 11.5 Å². The SMILES string of the molecule is C=CCc1cc(CNc2ccc(C)c(C)c2)cc(OC)c1OCc1ccc(F)cc1. The van der Waals surface area contributed by atoms with Gasteiger partial charge in [-0.05, 0) is 78.9 Å². The molecule has 0 unspecified atom stereocenters. The molecule has 1 N–H and O–H groups in total. The van der Waals surface area contributed by atoms with Crippen LogP contribution in [0.15, 0.2) is 67.3 Å². The first kappa shape index (κ1) is 21.4. The molecule has 3 aromatic rings. The van der Waals surface area contributed by atoms with E-state index < -0.39 is 0 Å². The number of nitrogens with one attached hydrogen (secondary N) is 1. The maximum absolute atomic E-state index is 13.1. The second-order valence-corrected chi connectivity index (χ2v) is 7.35. The summed E-state index contributed by atoms with van der Waals surface area (Å²) in [5.74, 6) is 1.11. The van der Waals surface area contributed by atoms with Gasteiger partial charge in [-0.25, -0.2) is 4.39 Å². The number of anilines is 1. The third-order valence-corrected chi connectivity index (χ3v) is 5.08. The molecule has 0 radical (unpaired) electrons. The van der Waals surface area contributed by atoms with E-state index in [0.29, 0.717) is 31.1 Å². The van der Waals surface area contributed by atoms with Gasteiger partial charge in [0.15, 0.2) is 11.5 Å². The van der Waals surface area contributed by atoms with Crippen LogP contribution in [0.3, 0.4) is 0 Å². The van der Waals surface area contributed by atoms with Crippen molar-refractivity contribution in [2.24, 2.45) is 0 Å². The Kier molecular flexibility index (Phi) is 7.12. The molecular formula is C26H28FNO2. The van der Waals surface area contributed by atoms with E-state index in [9.17, 15) is 4.39 Å². The minimum absolute atomic E-state index is 0.260. The fraction of sp³-hybridized carbons (Fsp3) is 0.231. The lowest BCUT2D eigenvalue weighted by Crippen LogP contribution is -2.05. The zero-order valence-corrected chi connectivity index (χ0v) is 17.8. The molecule has 3 aromatic carbocycles. The smallest absolute Gasteiger partial charge is 0.165 e. The van der Waals surface area contributed by atoms with E-state index in [0.717, 1.165) is 22.4 Å². The number of benzene rings is 3. The Bertz CT molecular complexity index is 1010. The van der Waals surface area contributed by atoms with E-state index in [1.54, 1.807) is 19.2 Å². The predicted molar refractivity (Wildman–Crippen MR) is 121 cm³/mol. The third-order valence-electron chi connectivity index (χ3n) is 5.08. The Morgan fingerprint density at radius 3 is 2.40 bits per heavy atom. The van der Waals surface area contributed by atoms with E-state index >= 15 is 0 Å². The molecule has 3 nitrogen and oxygen atoms in total. The molecule has 156 valence electrons. The molecule has 0 bridgehead atoms. The highest BCUT2D eigenvalue weighted by molar-refractivity contribution is 5.53. The Morgan fingerprint density at radius 1 is 0.967 bits per heavy atom. The molecule has 0 aliphatic heterocycles. The van der Waals surface area contributed by atoms with Crippen LogP contribution in [0.2, 0.25) is 0 Å². The summed E-state index contributed by atoms with van der Waals surface area (Å²) in [4.78, 5) is 0. The Balaban J connectivity index is 1.79. The Labute approximate surface area is 178 Å². The maximum atomic E-state index is 13.1. The molecule has 0 heterocycles. The van der Waals surface area contributed by atoms with Crippen LogP contribution in [-0.4, -0.2) is 7.11 Å². The van der Waals surface area contributed by atoms with Crippen molar-refractivity contribution >= 4 is 5.69 Å². The van der Waals surface area contributed by atoms with Crippen molar-refractivity contribution in [3.05, 3.63) is 101 Å². The van der Waals surface area contributed by atoms with Gasteiger partial charge in [0.2, 0.25) is 0 Å². The van der Waals surface area contributed by atoms with Crippen LogP contribution in [0.4, 0.5) is 10.1 Å². The zero-order chi connectivity index (χ0) is 21.5. The predicted octanol–water partition coefficient (Wildman–Crippen LogP) is 6.37. The van der Waals surface area contributed by atoms with Gasteiger partial charge in [-0.1, -0.05) is 24.3 Å². The van der Waals surface area contributed by atoms with Gasteiger partial charge < -0.3 is 14.8 Å². The molecule has 0 atom stereocenters. The summed E-state index contributed by atoms with van der Waals surface area (Å²) in [6, 6.07) is 16.8. The molecule has 0 spiro atoms. The summed E-state index contributed by atoms with van der Waals surface area (Å²) in [6.45, 7) is 9.09. The normalized spacial score (nSPS) is 10.5. The number of rotatable bonds is 9. The summed E-state index contributed by atoms with van der Waals surface area (Å²) >= 11 is 0. The number of methoxy groups -OCH3 is 1. The number of hydrogen-bond donors (Lipinski definition) is 1. The number of hydrogen-bond acceptors (Lipinski definition) is 3. The van der Waals surface area contributed by atoms with Gasteiger partial charge in [0, 0.05) is 17.8 Å². The number of aryl methyl sites for hydroxylation is 2. The second-order valence-electron chi connectivity index (χ2n) is 7.35. The number of halogens is 1. The van der Waals surface area contributed by atoms with Gasteiger partial charge in [-0.15, -0.1) is 6.58 Å². The van der Waals surface area contributed by atoms with Crippen LogP contribution >= 0.6 is 0 Å². The van der Waals surface area contributed by atoms with Crippen LogP contribution in [0.5, 0.6) is 11.5 Å². The minimum Gasteiger partial charge on any atom is -0.493 e. The largest absolute Gasteiger partial charge is 0.493 e. The number of ether oxygens (including phenoxy) is 2. The lowest BCUT2D eigenvalue weighted by Gasteiger charge is -2.17. The first-order valence-corrected chi connectivity index (χ1v) is 9.99. The van der Waals surface area contributed by atoms with Crippen molar-refractivity contribution in [1.29, 1.82) is 0 Å². The van der Waals surface area contributed by atoms with E-state index in [1.165, 1.54) is 23.3 Å². The van der Waals surface area contributed by atoms with Gasteiger partial charge >= 0.3 is 0 Å². The van der Waals surface area contributed by atoms with Crippen molar-refractivity contribution < 1.29 is 13.9 Å². The third kappa shape index (κ3) is 5.41. The van der Waals surface area contributed by atoms with Crippen molar-refractivity contribution in [2.45, 2.75) is 33.4 Å². The summed E-state index contributed by atoms with van der Waals surface area (Å²) in [5.41, 5.74) is 6.61. The van der Waals surface area contributed by atoms with Crippen molar-refractivity contribution in [3.63, 3.8) is 0 Å². The molecule has 0 aliphatic carbocycles. The van der Waals surface area contributed by atoms with Crippen LogP contribution in [0, 0.1) is 19.7 Å². The lowest BCUT2D eigenvalue weighted by atomic mass is 10.0. The van der Waals surface area contributed by atoms with E-state index in [1.807, 2.05) is 12.1 Å². The lowest BCUT2D eigenvalue weighted by molar-refractivity contribution is 0.281. The van der Waals surface area contributed by atoms with E-state index in [-0.39, 0.29) is 5.82 Å². The fourth-order valence-electron chi connectivity index (χ4n) is 3.24. The van der Waals surface area contributed by atoms with E-state index in [2.05, 4.69) is 50.0 Å². The summed E-state index contributed by atoms with van der Waals surface area (Å²) in [6.07, 6.45) is 2.51. The molecule has 0 amide bonds. The molecule has 30 heavy (non-hydrogen) atoms. The highest BCUT2D eigenvalue weighted by Crippen LogP contribution is 2.34. The first-order chi connectivity index (χ1) is 14.5. The second kappa shape index (κ2) is 9.97. The molecule has 0 aromatic heterocycles. The zero-order valence-electron chi connectivity index (χ0n) is 17.8. The van der Waals surface area contributed by atoms with Crippen LogP contribution in [0.25, 0.3) is 0 Å². The molecule has 0 saturated heterocycles. The van der Waals surface area contributed by atoms with Crippen LogP contribution < -0.4 is 14.8 Å². The first-order valence-electron chi connectivity index (χ1n) is 9.99. The average Bonchev–Trinajstić information content (AvgIpc) is 2.74. The topological polar surface area (TPSA) is 30.5 Å². The highest BCUT2D eigenvalue weighted by Gasteiger charge is 2.13. The average molecular weight is 406 g/mol. The van der Waals surface area contributed by atoms with Crippen LogP contribution in [-0.2, 0) is 19.6 Å². The molecule has 4 heteroatoms. The Morgan fingerprint density at radius 2 is 1.73 bits per heavy atom. The fourth-order valence-corrected chi connectivity index (χ4v) is 3.24. The van der Waals surface area contributed by atoms with Gasteiger partial charge in [-0.2, -0.15) is 0 Å².